The van der Waals surface area contributed by atoms with Gasteiger partial charge in [-0.2, -0.15) is 0 Å². The van der Waals surface area contributed by atoms with E-state index in [1.165, 1.54) is 0 Å². The molecule has 15 nitrogen and oxygen atoms in total. The molecule has 71 heavy (non-hydrogen) atoms. The topological polar surface area (TPSA) is 159 Å². The summed E-state index contributed by atoms with van der Waals surface area (Å²) < 4.78 is 13.5. The lowest BCUT2D eigenvalue weighted by molar-refractivity contribution is -0.155. The molecule has 5 heterocycles. The minimum Gasteiger partial charge on any atom is -0.467 e. The van der Waals surface area contributed by atoms with Crippen LogP contribution >= 0.6 is 0 Å². The molecule has 3 saturated heterocycles. The van der Waals surface area contributed by atoms with Crippen molar-refractivity contribution in [2.45, 2.75) is 118 Å². The van der Waals surface area contributed by atoms with Gasteiger partial charge >= 0.3 is 0 Å². The van der Waals surface area contributed by atoms with E-state index >= 15 is 0 Å². The predicted octanol–water partition coefficient (Wildman–Crippen LogP) is 6.42. The fourth-order valence-electron chi connectivity index (χ4n) is 10.3. The number of aryl methyl sites for hydroxylation is 1. The van der Waals surface area contributed by atoms with Crippen molar-refractivity contribution in [3.8, 4) is 34.2 Å². The van der Waals surface area contributed by atoms with E-state index < -0.39 is 28.5 Å². The van der Waals surface area contributed by atoms with Crippen LogP contribution in [0.5, 0.6) is 0 Å². The highest BCUT2D eigenvalue weighted by Crippen LogP contribution is 2.44. The van der Waals surface area contributed by atoms with E-state index in [4.69, 9.17) is 14.5 Å². The number of rotatable bonds is 18. The number of aromatic nitrogens is 2. The van der Waals surface area contributed by atoms with Gasteiger partial charge in [-0.3, -0.25) is 38.9 Å². The monoisotopic (exact) mass is 971 g/mol. The number of methoxy groups -OCH3 is 1. The largest absolute Gasteiger partial charge is 0.467 e. The number of fused-ring (bicyclic) bond motifs is 1. The summed E-state index contributed by atoms with van der Waals surface area (Å²) in [6, 6.07) is 16.9. The van der Waals surface area contributed by atoms with Gasteiger partial charge in [-0.15, -0.1) is 0 Å². The highest BCUT2D eigenvalue weighted by Gasteiger charge is 2.58. The first-order valence-electron chi connectivity index (χ1n) is 25.2. The molecule has 0 radical (unpaired) electrons. The maximum Gasteiger partial charge on any atom is 0.298 e. The van der Waals surface area contributed by atoms with Crippen molar-refractivity contribution in [2.24, 2.45) is 16.7 Å². The van der Waals surface area contributed by atoms with Gasteiger partial charge in [0.2, 0.25) is 11.8 Å². The number of amides is 4. The number of carbonyl (C=O) groups is 5. The van der Waals surface area contributed by atoms with Crippen molar-refractivity contribution in [2.75, 3.05) is 60.5 Å². The maximum absolute atomic E-state index is 14.6. The van der Waals surface area contributed by atoms with Crippen molar-refractivity contribution >= 4 is 41.0 Å². The Morgan fingerprint density at radius 1 is 1.00 bits per heavy atom. The second kappa shape index (κ2) is 21.7. The number of hydrogen-bond acceptors (Lipinski definition) is 10. The van der Waals surface area contributed by atoms with Crippen LogP contribution in [-0.4, -0.2) is 138 Å². The summed E-state index contributed by atoms with van der Waals surface area (Å²) in [7, 11) is 5.51. The van der Waals surface area contributed by atoms with Crippen LogP contribution in [-0.2, 0) is 52.8 Å². The summed E-state index contributed by atoms with van der Waals surface area (Å²) in [6.07, 6.45) is 4.67. The lowest BCUT2D eigenvalue weighted by Crippen LogP contribution is -2.63. The van der Waals surface area contributed by atoms with Gasteiger partial charge in [0.25, 0.3) is 18.3 Å². The van der Waals surface area contributed by atoms with Crippen molar-refractivity contribution in [1.82, 2.24) is 40.0 Å². The van der Waals surface area contributed by atoms with Gasteiger partial charge < -0.3 is 29.2 Å². The molecule has 3 atom stereocenters. The predicted molar refractivity (Wildman–Crippen MR) is 275 cm³/mol. The van der Waals surface area contributed by atoms with Gasteiger partial charge in [0.1, 0.15) is 12.1 Å². The zero-order chi connectivity index (χ0) is 51.4. The number of likely N-dealkylation sites (tertiary alicyclic amines) is 2. The first kappa shape index (κ1) is 52.7. The number of nitrogens with zero attached hydrogens (tertiary/aromatic N) is 6. The highest BCUT2D eigenvalue weighted by molar-refractivity contribution is 5.99. The van der Waals surface area contributed by atoms with Crippen LogP contribution in [0.15, 0.2) is 60.8 Å². The Hall–Kier alpha value is -6.08. The number of nitrogens with one attached hydrogen (secondary N) is 2. The van der Waals surface area contributed by atoms with Crippen LogP contribution in [0.1, 0.15) is 97.6 Å². The third-order valence-electron chi connectivity index (χ3n) is 14.9. The van der Waals surface area contributed by atoms with Gasteiger partial charge in [0, 0.05) is 80.9 Å². The molecule has 3 unspecified atom stereocenters. The molecule has 4 aromatic rings. The summed E-state index contributed by atoms with van der Waals surface area (Å²) in [5.74, 6) is 4.51. The number of pyridine rings is 1. The maximum atomic E-state index is 14.6. The number of hydrogen-bond donors (Lipinski definition) is 2. The molecule has 2 aromatic heterocycles. The van der Waals surface area contributed by atoms with Gasteiger partial charge in [-0.25, -0.2) is 5.43 Å². The zero-order valence-corrected chi connectivity index (χ0v) is 43.7. The number of benzene rings is 2. The van der Waals surface area contributed by atoms with E-state index in [0.29, 0.717) is 45.5 Å². The molecule has 0 bridgehead atoms. The van der Waals surface area contributed by atoms with Gasteiger partial charge in [0.15, 0.2) is 0 Å². The zero-order valence-electron chi connectivity index (χ0n) is 43.7. The quantitative estimate of drug-likeness (QED) is 0.0842. The van der Waals surface area contributed by atoms with E-state index in [9.17, 15) is 24.0 Å². The standard InChI is InChI=1S/C56H74N8O7/c1-12-62-46-21-20-41(31-43(46)44(32-54(5,6)35-71-36-65)50(62)42-19-16-25-57-48(42)38(4)70-11)40-18-15-17-39(29-40)30-45(52(68)64-27-14-13-26-58-64)59-51(67)49(37(2)3)63-28-24-56(53(63)69)33-61(34-56)47(66)22-23-55(7,8)60(9)10/h15-21,25,29,31,36-38,45,49,58H,12-14,24,26-28,30,32-35H2,1-11H3,(H,59,67). The smallest absolute Gasteiger partial charge is 0.298 e. The van der Waals surface area contributed by atoms with E-state index in [2.05, 4.69) is 84.3 Å². The minimum absolute atomic E-state index is 0.143. The van der Waals surface area contributed by atoms with Crippen LogP contribution in [0, 0.1) is 28.6 Å². The van der Waals surface area contributed by atoms with E-state index in [1.54, 1.807) is 28.1 Å². The van der Waals surface area contributed by atoms with Crippen molar-refractivity contribution < 1.29 is 33.4 Å². The Labute approximate surface area is 419 Å². The molecular formula is C56H74N8O7. The number of ether oxygens (including phenoxy) is 2. The molecule has 0 saturated carbocycles. The van der Waals surface area contributed by atoms with Crippen LogP contribution in [0.2, 0.25) is 0 Å². The number of hydrazine groups is 1. The Morgan fingerprint density at radius 2 is 1.75 bits per heavy atom. The Kier molecular flexibility index (Phi) is 16.1. The second-order valence-corrected chi connectivity index (χ2v) is 21.5. The molecule has 15 heteroatoms. The first-order chi connectivity index (χ1) is 33.7. The normalized spacial score (nSPS) is 17.3. The average Bonchev–Trinajstić information content (AvgIpc) is 3.84. The molecule has 2 N–H and O–H groups in total. The Bertz CT molecular complexity index is 2680. The van der Waals surface area contributed by atoms with Crippen LogP contribution in [0.4, 0.5) is 0 Å². The molecule has 3 fully saturated rings. The summed E-state index contributed by atoms with van der Waals surface area (Å²) in [4.78, 5) is 77.9. The Balaban J connectivity index is 1.18. The lowest BCUT2D eigenvalue weighted by Gasteiger charge is -2.46. The fourth-order valence-corrected chi connectivity index (χ4v) is 10.3. The lowest BCUT2D eigenvalue weighted by atomic mass is 9.78. The van der Waals surface area contributed by atoms with Crippen molar-refractivity contribution in [3.63, 3.8) is 0 Å². The summed E-state index contributed by atoms with van der Waals surface area (Å²) in [6.45, 7) is 19.6. The van der Waals surface area contributed by atoms with Crippen LogP contribution in [0.3, 0.4) is 0 Å². The van der Waals surface area contributed by atoms with E-state index in [0.717, 1.165) is 62.9 Å². The summed E-state index contributed by atoms with van der Waals surface area (Å²) in [5, 5.41) is 5.83. The fraction of sp³-hybridized carbons (Fsp3) is 0.536. The molecule has 0 aliphatic carbocycles. The number of carbonyl (C=O) groups excluding carboxylic acids is 5. The van der Waals surface area contributed by atoms with E-state index in [1.807, 2.05) is 71.8 Å². The van der Waals surface area contributed by atoms with Crippen molar-refractivity contribution in [3.05, 3.63) is 77.6 Å². The molecule has 1 spiro atoms. The van der Waals surface area contributed by atoms with E-state index in [-0.39, 0.29) is 61.8 Å². The highest BCUT2D eigenvalue weighted by atomic mass is 16.5. The van der Waals surface area contributed by atoms with Gasteiger partial charge in [-0.1, -0.05) is 63.9 Å². The van der Waals surface area contributed by atoms with Crippen LogP contribution in [0.25, 0.3) is 33.3 Å². The Morgan fingerprint density at radius 3 is 2.41 bits per heavy atom. The third-order valence-corrected chi connectivity index (χ3v) is 14.9. The molecule has 2 aromatic carbocycles. The van der Waals surface area contributed by atoms with Gasteiger partial charge in [-0.05, 0) is 126 Å². The minimum atomic E-state index is -0.924. The molecular weight excluding hydrogens is 897 g/mol. The van der Waals surface area contributed by atoms with Crippen LogP contribution < -0.4 is 10.7 Å². The summed E-state index contributed by atoms with van der Waals surface area (Å²) >= 11 is 0. The summed E-state index contributed by atoms with van der Waals surface area (Å²) in [5.41, 5.74) is 9.40. The molecule has 3 aliphatic heterocycles. The third kappa shape index (κ3) is 11.2. The molecule has 3 aliphatic rings. The molecule has 4 amide bonds. The second-order valence-electron chi connectivity index (χ2n) is 21.5. The SMILES string of the molecule is CCn1c(-c2cccnc2C(C)OC)c(CC(C)(C)COC=O)c2cc(-c3cccc(CC(NC(=O)C(C(C)C)N4CCC5(CN(C(=O)C#CC(C)(C)N(C)C)C5)C4=O)C(=O)N4CCCCN4)c3)ccc21. The molecule has 380 valence electrons. The molecule has 7 rings (SSSR count). The van der Waals surface area contributed by atoms with Crippen molar-refractivity contribution in [1.29, 1.82) is 0 Å². The van der Waals surface area contributed by atoms with Gasteiger partial charge in [0.05, 0.1) is 35.1 Å². The first-order valence-corrected chi connectivity index (χ1v) is 25.2. The average molecular weight is 971 g/mol.